The number of aromatic nitrogens is 2. The summed E-state index contributed by atoms with van der Waals surface area (Å²) in [6.07, 6.45) is 5.95. The minimum Gasteiger partial charge on any atom is -0.421 e. The van der Waals surface area contributed by atoms with Crippen molar-refractivity contribution in [3.8, 4) is 0 Å². The Morgan fingerprint density at radius 1 is 1.00 bits per heavy atom. The highest BCUT2D eigenvalue weighted by molar-refractivity contribution is 9.10. The van der Waals surface area contributed by atoms with Gasteiger partial charge in [0.15, 0.2) is 5.60 Å². The quantitative estimate of drug-likeness (QED) is 0.605. The molecule has 1 aromatic heterocycles. The third-order valence-corrected chi connectivity index (χ3v) is 5.94. The predicted molar refractivity (Wildman–Crippen MR) is 107 cm³/mol. The lowest BCUT2D eigenvalue weighted by atomic mass is 9.73. The smallest absolute Gasteiger partial charge is 0.252 e. The van der Waals surface area contributed by atoms with E-state index in [0.717, 1.165) is 41.3 Å². The highest BCUT2D eigenvalue weighted by Gasteiger charge is 2.45. The van der Waals surface area contributed by atoms with Crippen molar-refractivity contribution in [3.05, 3.63) is 82.0 Å². The van der Waals surface area contributed by atoms with E-state index in [4.69, 9.17) is 4.42 Å². The van der Waals surface area contributed by atoms with E-state index in [-0.39, 0.29) is 5.92 Å². The Bertz CT molecular complexity index is 890. The zero-order valence-corrected chi connectivity index (χ0v) is 16.7. The lowest BCUT2D eigenvalue weighted by Gasteiger charge is -2.36. The summed E-state index contributed by atoms with van der Waals surface area (Å²) < 4.78 is 7.03. The van der Waals surface area contributed by atoms with Crippen LogP contribution in [0, 0.1) is 5.92 Å². The van der Waals surface area contributed by atoms with Crippen LogP contribution in [-0.4, -0.2) is 15.3 Å². The molecular formula is C22H23BrN2O2. The van der Waals surface area contributed by atoms with Crippen molar-refractivity contribution in [1.29, 1.82) is 0 Å². The third kappa shape index (κ3) is 3.85. The highest BCUT2D eigenvalue weighted by atomic mass is 79.9. The van der Waals surface area contributed by atoms with Crippen LogP contribution in [0.1, 0.15) is 55.0 Å². The fraction of sp³-hybridized carbons (Fsp3) is 0.364. The topological polar surface area (TPSA) is 59.2 Å². The monoisotopic (exact) mass is 426 g/mol. The molecule has 0 aliphatic heterocycles. The molecule has 2 aromatic carbocycles. The van der Waals surface area contributed by atoms with Crippen molar-refractivity contribution in [2.24, 2.45) is 5.92 Å². The van der Waals surface area contributed by atoms with Crippen molar-refractivity contribution in [3.63, 3.8) is 0 Å². The zero-order chi connectivity index (χ0) is 18.7. The van der Waals surface area contributed by atoms with Crippen LogP contribution in [0.3, 0.4) is 0 Å². The average molecular weight is 427 g/mol. The van der Waals surface area contributed by atoms with Gasteiger partial charge in [0.1, 0.15) is 0 Å². The van der Waals surface area contributed by atoms with Crippen molar-refractivity contribution in [1.82, 2.24) is 10.2 Å². The first kappa shape index (κ1) is 18.4. The van der Waals surface area contributed by atoms with Crippen LogP contribution in [0.25, 0.3) is 0 Å². The molecule has 4 rings (SSSR count). The fourth-order valence-corrected chi connectivity index (χ4v) is 4.49. The fourth-order valence-electron chi connectivity index (χ4n) is 4.05. The molecule has 0 radical (unpaired) electrons. The second-order valence-corrected chi connectivity index (χ2v) is 8.19. The molecule has 0 spiro atoms. The molecule has 1 aliphatic rings. The lowest BCUT2D eigenvalue weighted by Crippen LogP contribution is -2.38. The lowest BCUT2D eigenvalue weighted by molar-refractivity contribution is -0.0239. The Hall–Kier alpha value is -1.98. The van der Waals surface area contributed by atoms with E-state index in [1.807, 2.05) is 54.6 Å². The summed E-state index contributed by atoms with van der Waals surface area (Å²) in [6, 6.07) is 17.8. The molecular weight excluding hydrogens is 404 g/mol. The molecule has 4 nitrogen and oxygen atoms in total. The SMILES string of the molecule is O[C@](c1ccccc1)(c1nnc(Cc2cccc(Br)c2)o1)C1CCCCC1. The van der Waals surface area contributed by atoms with Gasteiger partial charge >= 0.3 is 0 Å². The van der Waals surface area contributed by atoms with Gasteiger partial charge in [0, 0.05) is 10.4 Å². The summed E-state index contributed by atoms with van der Waals surface area (Å²) in [5.41, 5.74) is 0.680. The maximum Gasteiger partial charge on any atom is 0.252 e. The van der Waals surface area contributed by atoms with Crippen LogP contribution >= 0.6 is 15.9 Å². The van der Waals surface area contributed by atoms with E-state index >= 15 is 0 Å². The van der Waals surface area contributed by atoms with Gasteiger partial charge in [-0.15, -0.1) is 10.2 Å². The minimum absolute atomic E-state index is 0.0906. The second kappa shape index (κ2) is 7.95. The predicted octanol–water partition coefficient (Wildman–Crippen LogP) is 5.24. The van der Waals surface area contributed by atoms with Gasteiger partial charge in [-0.1, -0.05) is 77.7 Å². The van der Waals surface area contributed by atoms with Crippen LogP contribution < -0.4 is 0 Å². The maximum absolute atomic E-state index is 11.8. The van der Waals surface area contributed by atoms with Gasteiger partial charge in [0.05, 0.1) is 6.42 Å². The standard InChI is InChI=1S/C22H23BrN2O2/c23-19-13-7-8-16(14-19)15-20-24-25-21(27-20)22(26,17-9-3-1-4-10-17)18-11-5-2-6-12-18/h1,3-4,7-10,13-14,18,26H,2,5-6,11-12,15H2/t22-/m0/s1. The summed E-state index contributed by atoms with van der Waals surface area (Å²) in [5.74, 6) is 0.923. The number of halogens is 1. The van der Waals surface area contributed by atoms with Gasteiger partial charge in [-0.3, -0.25) is 0 Å². The summed E-state index contributed by atoms with van der Waals surface area (Å²) in [6.45, 7) is 0. The summed E-state index contributed by atoms with van der Waals surface area (Å²) >= 11 is 3.49. The number of aliphatic hydroxyl groups is 1. The Labute approximate surface area is 167 Å². The Morgan fingerprint density at radius 3 is 2.52 bits per heavy atom. The van der Waals surface area contributed by atoms with Gasteiger partial charge in [-0.05, 0) is 36.1 Å². The number of nitrogens with zero attached hydrogens (tertiary/aromatic N) is 2. The van der Waals surface area contributed by atoms with Gasteiger partial charge in [0.25, 0.3) is 5.89 Å². The van der Waals surface area contributed by atoms with Crippen LogP contribution in [0.5, 0.6) is 0 Å². The van der Waals surface area contributed by atoms with E-state index in [0.29, 0.717) is 18.2 Å². The summed E-state index contributed by atoms with van der Waals surface area (Å²) in [4.78, 5) is 0. The number of rotatable bonds is 5. The Morgan fingerprint density at radius 2 is 1.78 bits per heavy atom. The molecule has 27 heavy (non-hydrogen) atoms. The average Bonchev–Trinajstić information content (AvgIpc) is 3.18. The molecule has 1 aliphatic carbocycles. The largest absolute Gasteiger partial charge is 0.421 e. The molecule has 0 bridgehead atoms. The summed E-state index contributed by atoms with van der Waals surface area (Å²) in [7, 11) is 0. The molecule has 1 fully saturated rings. The van der Waals surface area contributed by atoms with E-state index in [2.05, 4.69) is 26.1 Å². The molecule has 1 saturated carbocycles. The second-order valence-electron chi connectivity index (χ2n) is 7.27. The van der Waals surface area contributed by atoms with Crippen LogP contribution in [0.15, 0.2) is 63.5 Å². The van der Waals surface area contributed by atoms with Gasteiger partial charge in [0.2, 0.25) is 5.89 Å². The van der Waals surface area contributed by atoms with E-state index in [9.17, 15) is 5.11 Å². The Balaban J connectivity index is 1.67. The molecule has 1 heterocycles. The third-order valence-electron chi connectivity index (χ3n) is 5.45. The van der Waals surface area contributed by atoms with E-state index in [1.165, 1.54) is 6.42 Å². The first-order chi connectivity index (χ1) is 13.2. The molecule has 0 saturated heterocycles. The van der Waals surface area contributed by atoms with Gasteiger partial charge in [-0.25, -0.2) is 0 Å². The number of hydrogen-bond acceptors (Lipinski definition) is 4. The van der Waals surface area contributed by atoms with Gasteiger partial charge in [-0.2, -0.15) is 0 Å². The Kier molecular flexibility index (Phi) is 5.41. The van der Waals surface area contributed by atoms with Crippen LogP contribution in [0.2, 0.25) is 0 Å². The highest BCUT2D eigenvalue weighted by Crippen LogP contribution is 2.43. The molecule has 0 amide bonds. The van der Waals surface area contributed by atoms with Gasteiger partial charge < -0.3 is 9.52 Å². The zero-order valence-electron chi connectivity index (χ0n) is 15.1. The van der Waals surface area contributed by atoms with Crippen molar-refractivity contribution < 1.29 is 9.52 Å². The molecule has 0 unspecified atom stereocenters. The van der Waals surface area contributed by atoms with Crippen molar-refractivity contribution >= 4 is 15.9 Å². The first-order valence-electron chi connectivity index (χ1n) is 9.51. The number of hydrogen-bond donors (Lipinski definition) is 1. The minimum atomic E-state index is -1.23. The van der Waals surface area contributed by atoms with E-state index < -0.39 is 5.60 Å². The molecule has 3 aromatic rings. The molecule has 1 N–H and O–H groups in total. The van der Waals surface area contributed by atoms with Crippen LogP contribution in [0.4, 0.5) is 0 Å². The van der Waals surface area contributed by atoms with Crippen molar-refractivity contribution in [2.45, 2.75) is 44.1 Å². The first-order valence-corrected chi connectivity index (χ1v) is 10.3. The van der Waals surface area contributed by atoms with Crippen molar-refractivity contribution in [2.75, 3.05) is 0 Å². The summed E-state index contributed by atoms with van der Waals surface area (Å²) in [5, 5.41) is 20.3. The molecule has 140 valence electrons. The number of benzene rings is 2. The molecule has 1 atom stereocenters. The molecule has 5 heteroatoms. The normalized spacial score (nSPS) is 17.6. The maximum atomic E-state index is 11.8. The van der Waals surface area contributed by atoms with E-state index in [1.54, 1.807) is 0 Å². The van der Waals surface area contributed by atoms with Crippen LogP contribution in [-0.2, 0) is 12.0 Å².